The Labute approximate surface area is 212 Å². The average Bonchev–Trinajstić information content (AvgIpc) is 3.56. The summed E-state index contributed by atoms with van der Waals surface area (Å²) in [6.07, 6.45) is 1.54. The molecule has 0 radical (unpaired) electrons. The highest BCUT2D eigenvalue weighted by Crippen LogP contribution is 2.30. The molecule has 2 aromatic heterocycles. The lowest BCUT2D eigenvalue weighted by Crippen LogP contribution is -2.45. The number of carbonyl (C=O) groups excluding carboxylic acids is 2. The van der Waals surface area contributed by atoms with Gasteiger partial charge in [0.05, 0.1) is 18.3 Å². The standard InChI is InChI=1S/C27H22ClN5O3/c28-20-10-6-11-21(16-20)33(25(34)18-32-24-14-5-4-13-23(24)30-31-32)26(19-8-2-1-3-9-19)27(35)29-17-22-12-7-15-36-22/h1-16,26H,17-18H2,(H,29,35)/t26-/m1/s1. The SMILES string of the molecule is O=C(NCc1ccco1)[C@@H](c1ccccc1)N(C(=O)Cn1nnc2ccccc21)c1cccc(Cl)c1. The van der Waals surface area contributed by atoms with E-state index in [1.165, 1.54) is 9.58 Å². The molecule has 0 aliphatic rings. The van der Waals surface area contributed by atoms with E-state index in [1.54, 1.807) is 42.7 Å². The van der Waals surface area contributed by atoms with E-state index >= 15 is 0 Å². The highest BCUT2D eigenvalue weighted by atomic mass is 35.5. The number of benzene rings is 3. The third-order valence-electron chi connectivity index (χ3n) is 5.70. The molecule has 0 aliphatic heterocycles. The van der Waals surface area contributed by atoms with Crippen LogP contribution in [-0.2, 0) is 22.7 Å². The zero-order valence-electron chi connectivity index (χ0n) is 19.1. The van der Waals surface area contributed by atoms with Gasteiger partial charge in [0, 0.05) is 10.7 Å². The first kappa shape index (κ1) is 23.3. The van der Waals surface area contributed by atoms with E-state index in [-0.39, 0.29) is 24.9 Å². The number of rotatable bonds is 8. The number of halogens is 1. The zero-order chi connectivity index (χ0) is 24.9. The molecular weight excluding hydrogens is 478 g/mol. The van der Waals surface area contributed by atoms with Crippen molar-refractivity contribution in [3.8, 4) is 0 Å². The van der Waals surface area contributed by atoms with Crippen LogP contribution in [0, 0.1) is 0 Å². The fraction of sp³-hybridized carbons (Fsp3) is 0.111. The van der Waals surface area contributed by atoms with Crippen LogP contribution in [0.3, 0.4) is 0 Å². The average molecular weight is 500 g/mol. The summed E-state index contributed by atoms with van der Waals surface area (Å²) in [4.78, 5) is 29.0. The van der Waals surface area contributed by atoms with Crippen LogP contribution in [0.2, 0.25) is 5.02 Å². The number of para-hydroxylation sites is 1. The van der Waals surface area contributed by atoms with Gasteiger partial charge in [-0.25, -0.2) is 4.68 Å². The first-order chi connectivity index (χ1) is 17.6. The predicted molar refractivity (Wildman–Crippen MR) is 136 cm³/mol. The summed E-state index contributed by atoms with van der Waals surface area (Å²) in [5.41, 5.74) is 2.52. The van der Waals surface area contributed by atoms with Crippen LogP contribution in [0.15, 0.2) is 102 Å². The van der Waals surface area contributed by atoms with Crippen LogP contribution < -0.4 is 10.2 Å². The zero-order valence-corrected chi connectivity index (χ0v) is 19.9. The Hall–Kier alpha value is -4.43. The van der Waals surface area contributed by atoms with Gasteiger partial charge >= 0.3 is 0 Å². The maximum Gasteiger partial charge on any atom is 0.249 e. The lowest BCUT2D eigenvalue weighted by atomic mass is 10.0. The highest BCUT2D eigenvalue weighted by molar-refractivity contribution is 6.31. The van der Waals surface area contributed by atoms with Gasteiger partial charge in [-0.15, -0.1) is 5.10 Å². The molecule has 2 heterocycles. The van der Waals surface area contributed by atoms with Gasteiger partial charge in [-0.1, -0.05) is 65.3 Å². The summed E-state index contributed by atoms with van der Waals surface area (Å²) in [7, 11) is 0. The quantitative estimate of drug-likeness (QED) is 0.332. The molecule has 5 rings (SSSR count). The third-order valence-corrected chi connectivity index (χ3v) is 5.93. The normalized spacial score (nSPS) is 11.8. The van der Waals surface area contributed by atoms with Crippen molar-refractivity contribution >= 4 is 40.1 Å². The summed E-state index contributed by atoms with van der Waals surface area (Å²) >= 11 is 6.29. The van der Waals surface area contributed by atoms with Crippen LogP contribution >= 0.6 is 11.6 Å². The fourth-order valence-corrected chi connectivity index (χ4v) is 4.22. The van der Waals surface area contributed by atoms with Crippen molar-refractivity contribution < 1.29 is 14.0 Å². The molecule has 0 saturated carbocycles. The molecular formula is C27H22ClN5O3. The van der Waals surface area contributed by atoms with Crippen LogP contribution in [0.5, 0.6) is 0 Å². The Bertz CT molecular complexity index is 1480. The molecule has 0 saturated heterocycles. The molecule has 2 amide bonds. The summed E-state index contributed by atoms with van der Waals surface area (Å²) in [6.45, 7) is 0.0578. The van der Waals surface area contributed by atoms with Gasteiger partial charge in [0.1, 0.15) is 23.9 Å². The van der Waals surface area contributed by atoms with E-state index in [4.69, 9.17) is 16.0 Å². The minimum absolute atomic E-state index is 0.123. The second-order valence-corrected chi connectivity index (χ2v) is 8.53. The molecule has 5 aromatic rings. The molecule has 0 unspecified atom stereocenters. The van der Waals surface area contributed by atoms with Gasteiger partial charge in [-0.3, -0.25) is 14.5 Å². The van der Waals surface area contributed by atoms with Crippen molar-refractivity contribution in [3.63, 3.8) is 0 Å². The van der Waals surface area contributed by atoms with E-state index < -0.39 is 6.04 Å². The van der Waals surface area contributed by atoms with Gasteiger partial charge in [-0.05, 0) is 48.0 Å². The fourth-order valence-electron chi connectivity index (χ4n) is 4.04. The van der Waals surface area contributed by atoms with Gasteiger partial charge in [0.15, 0.2) is 0 Å². The summed E-state index contributed by atoms with van der Waals surface area (Å²) < 4.78 is 6.88. The van der Waals surface area contributed by atoms with Crippen LogP contribution in [0.1, 0.15) is 17.4 Å². The third kappa shape index (κ3) is 4.99. The van der Waals surface area contributed by atoms with Gasteiger partial charge in [-0.2, -0.15) is 0 Å². The molecule has 180 valence electrons. The van der Waals surface area contributed by atoms with Gasteiger partial charge < -0.3 is 9.73 Å². The van der Waals surface area contributed by atoms with Crippen molar-refractivity contribution in [2.24, 2.45) is 0 Å². The second-order valence-electron chi connectivity index (χ2n) is 8.09. The van der Waals surface area contributed by atoms with Crippen molar-refractivity contribution in [2.45, 2.75) is 19.1 Å². The lowest BCUT2D eigenvalue weighted by Gasteiger charge is -2.31. The van der Waals surface area contributed by atoms with Crippen molar-refractivity contribution in [1.29, 1.82) is 0 Å². The Kier molecular flexibility index (Phi) is 6.77. The lowest BCUT2D eigenvalue weighted by molar-refractivity contribution is -0.127. The second kappa shape index (κ2) is 10.5. The maximum atomic E-state index is 13.9. The molecule has 0 bridgehead atoms. The minimum atomic E-state index is -0.970. The molecule has 9 heteroatoms. The Morgan fingerprint density at radius 2 is 1.78 bits per heavy atom. The number of carbonyl (C=O) groups is 2. The van der Waals surface area contributed by atoms with Crippen molar-refractivity contribution in [3.05, 3.63) is 114 Å². The largest absolute Gasteiger partial charge is 0.467 e. The number of nitrogens with one attached hydrogen (secondary N) is 1. The monoisotopic (exact) mass is 499 g/mol. The number of aromatic nitrogens is 3. The first-order valence-corrected chi connectivity index (χ1v) is 11.7. The molecule has 1 atom stereocenters. The first-order valence-electron chi connectivity index (χ1n) is 11.3. The van der Waals surface area contributed by atoms with Gasteiger partial charge in [0.2, 0.25) is 11.8 Å². The molecule has 36 heavy (non-hydrogen) atoms. The number of furan rings is 1. The topological polar surface area (TPSA) is 93.3 Å². The summed E-state index contributed by atoms with van der Waals surface area (Å²) in [5.74, 6) is -0.117. The molecule has 8 nitrogen and oxygen atoms in total. The number of anilines is 1. The molecule has 0 aliphatic carbocycles. The van der Waals surface area contributed by atoms with E-state index in [2.05, 4.69) is 15.6 Å². The smallest absolute Gasteiger partial charge is 0.249 e. The number of hydrogen-bond acceptors (Lipinski definition) is 5. The maximum absolute atomic E-state index is 13.9. The molecule has 0 fully saturated rings. The van der Waals surface area contributed by atoms with Crippen LogP contribution in [-0.4, -0.2) is 26.8 Å². The number of nitrogens with zero attached hydrogens (tertiary/aromatic N) is 4. The van der Waals surface area contributed by atoms with E-state index in [0.29, 0.717) is 27.6 Å². The van der Waals surface area contributed by atoms with Crippen LogP contribution in [0.25, 0.3) is 11.0 Å². The van der Waals surface area contributed by atoms with Crippen LogP contribution in [0.4, 0.5) is 5.69 Å². The summed E-state index contributed by atoms with van der Waals surface area (Å²) in [5, 5.41) is 11.6. The Balaban J connectivity index is 1.54. The number of amides is 2. The van der Waals surface area contributed by atoms with E-state index in [1.807, 2.05) is 54.6 Å². The molecule has 1 N–H and O–H groups in total. The predicted octanol–water partition coefficient (Wildman–Crippen LogP) is 4.77. The highest BCUT2D eigenvalue weighted by Gasteiger charge is 2.33. The Morgan fingerprint density at radius 3 is 2.56 bits per heavy atom. The minimum Gasteiger partial charge on any atom is -0.467 e. The Morgan fingerprint density at radius 1 is 0.972 bits per heavy atom. The van der Waals surface area contributed by atoms with Crippen molar-refractivity contribution in [1.82, 2.24) is 20.3 Å². The van der Waals surface area contributed by atoms with E-state index in [0.717, 1.165) is 5.52 Å². The summed E-state index contributed by atoms with van der Waals surface area (Å²) in [6, 6.07) is 25.9. The molecule has 0 spiro atoms. The number of fused-ring (bicyclic) bond motifs is 1. The molecule has 3 aromatic carbocycles. The number of hydrogen-bond donors (Lipinski definition) is 1. The van der Waals surface area contributed by atoms with E-state index in [9.17, 15) is 9.59 Å². The van der Waals surface area contributed by atoms with Crippen molar-refractivity contribution in [2.75, 3.05) is 4.90 Å². The van der Waals surface area contributed by atoms with Gasteiger partial charge in [0.25, 0.3) is 0 Å².